The van der Waals surface area contributed by atoms with Gasteiger partial charge in [-0.05, 0) is 48.4 Å². The Kier molecular flexibility index (Phi) is 5.94. The van der Waals surface area contributed by atoms with E-state index < -0.39 is 11.7 Å². The van der Waals surface area contributed by atoms with Crippen molar-refractivity contribution in [2.45, 2.75) is 12.8 Å². The van der Waals surface area contributed by atoms with Crippen molar-refractivity contribution < 1.29 is 9.18 Å². The average Bonchev–Trinajstić information content (AvgIpc) is 2.87. The number of anilines is 1. The van der Waals surface area contributed by atoms with E-state index in [1.54, 1.807) is 25.1 Å². The summed E-state index contributed by atoms with van der Waals surface area (Å²) in [6.07, 6.45) is 0. The van der Waals surface area contributed by atoms with Gasteiger partial charge in [-0.1, -0.05) is 72.8 Å². The van der Waals surface area contributed by atoms with Gasteiger partial charge in [0.15, 0.2) is 0 Å². The van der Waals surface area contributed by atoms with Crippen molar-refractivity contribution in [3.05, 3.63) is 136 Å². The Bertz CT molecular complexity index is 1540. The second kappa shape index (κ2) is 9.35. The molecule has 0 unspecified atom stereocenters. The van der Waals surface area contributed by atoms with Gasteiger partial charge in [0.05, 0.1) is 28.2 Å². The molecule has 1 aromatic heterocycles. The fourth-order valence-electron chi connectivity index (χ4n) is 4.29. The van der Waals surface area contributed by atoms with Gasteiger partial charge >= 0.3 is 0 Å². The number of rotatable bonds is 5. The molecule has 1 heterocycles. The van der Waals surface area contributed by atoms with Crippen LogP contribution in [-0.4, -0.2) is 15.5 Å². The van der Waals surface area contributed by atoms with Gasteiger partial charge in [0, 0.05) is 0 Å². The van der Waals surface area contributed by atoms with Crippen LogP contribution in [0, 0.1) is 12.7 Å². The van der Waals surface area contributed by atoms with Gasteiger partial charge in [-0.15, -0.1) is 0 Å². The minimum absolute atomic E-state index is 0.0104. The molecule has 0 radical (unpaired) electrons. The molecule has 0 aliphatic carbocycles. The monoisotopic (exact) mass is 463 g/mol. The van der Waals surface area contributed by atoms with E-state index >= 15 is 0 Å². The molecule has 35 heavy (non-hydrogen) atoms. The molecule has 6 heteroatoms. The standard InChI is InChI=1S/C29H22FN3O2/c1-19-31-25-15-9-8-14-23(25)29(35)33(19)22-16-17-24(30)26(18-22)32-28(34)27(20-10-4-2-5-11-20)21-12-6-3-7-13-21/h2-18,27H,1H3,(H,32,34). The number of nitrogens with zero attached hydrogens (tertiary/aromatic N) is 2. The summed E-state index contributed by atoms with van der Waals surface area (Å²) in [5.74, 6) is -1.14. The largest absolute Gasteiger partial charge is 0.323 e. The lowest BCUT2D eigenvalue weighted by atomic mass is 9.90. The highest BCUT2D eigenvalue weighted by molar-refractivity contribution is 5.98. The fraction of sp³-hybridized carbons (Fsp3) is 0.0690. The van der Waals surface area contributed by atoms with Gasteiger partial charge < -0.3 is 5.32 Å². The molecular formula is C29H22FN3O2. The van der Waals surface area contributed by atoms with E-state index in [-0.39, 0.29) is 17.2 Å². The summed E-state index contributed by atoms with van der Waals surface area (Å²) in [6, 6.07) is 30.0. The second-order valence-electron chi connectivity index (χ2n) is 8.22. The topological polar surface area (TPSA) is 64.0 Å². The molecular weight excluding hydrogens is 441 g/mol. The van der Waals surface area contributed by atoms with Crippen LogP contribution < -0.4 is 10.9 Å². The molecule has 4 aromatic carbocycles. The minimum Gasteiger partial charge on any atom is -0.323 e. The Hall–Kier alpha value is -4.58. The van der Waals surface area contributed by atoms with Gasteiger partial charge in [-0.2, -0.15) is 0 Å². The van der Waals surface area contributed by atoms with E-state index in [9.17, 15) is 14.0 Å². The number of benzene rings is 4. The molecule has 1 amide bonds. The quantitative estimate of drug-likeness (QED) is 0.369. The van der Waals surface area contributed by atoms with Crippen LogP contribution in [0.5, 0.6) is 0 Å². The number of carbonyl (C=O) groups is 1. The number of para-hydroxylation sites is 1. The first-order chi connectivity index (χ1) is 17.0. The minimum atomic E-state index is -0.632. The van der Waals surface area contributed by atoms with Crippen molar-refractivity contribution in [2.75, 3.05) is 5.32 Å². The highest BCUT2D eigenvalue weighted by Crippen LogP contribution is 2.28. The van der Waals surface area contributed by atoms with Crippen molar-refractivity contribution >= 4 is 22.5 Å². The van der Waals surface area contributed by atoms with Crippen LogP contribution in [0.1, 0.15) is 22.9 Å². The molecule has 5 rings (SSSR count). The number of aryl methyl sites for hydroxylation is 1. The third-order valence-corrected chi connectivity index (χ3v) is 5.94. The third kappa shape index (κ3) is 4.34. The zero-order chi connectivity index (χ0) is 24.4. The lowest BCUT2D eigenvalue weighted by molar-refractivity contribution is -0.116. The lowest BCUT2D eigenvalue weighted by Crippen LogP contribution is -2.24. The van der Waals surface area contributed by atoms with Crippen molar-refractivity contribution in [3.8, 4) is 5.69 Å². The number of hydrogen-bond acceptors (Lipinski definition) is 3. The summed E-state index contributed by atoms with van der Waals surface area (Å²) >= 11 is 0. The highest BCUT2D eigenvalue weighted by Gasteiger charge is 2.24. The summed E-state index contributed by atoms with van der Waals surface area (Å²) in [4.78, 5) is 31.2. The number of amides is 1. The van der Waals surface area contributed by atoms with E-state index in [0.29, 0.717) is 22.4 Å². The Balaban J connectivity index is 1.55. The van der Waals surface area contributed by atoms with Gasteiger partial charge in [0.25, 0.3) is 5.56 Å². The lowest BCUT2D eigenvalue weighted by Gasteiger charge is -2.19. The first-order valence-corrected chi connectivity index (χ1v) is 11.2. The molecule has 1 N–H and O–H groups in total. The summed E-state index contributed by atoms with van der Waals surface area (Å²) in [5, 5.41) is 3.20. The van der Waals surface area contributed by atoms with Crippen LogP contribution in [0.15, 0.2) is 108 Å². The zero-order valence-corrected chi connectivity index (χ0v) is 19.0. The molecule has 0 spiro atoms. The van der Waals surface area contributed by atoms with E-state index in [0.717, 1.165) is 11.1 Å². The van der Waals surface area contributed by atoms with Crippen LogP contribution in [0.25, 0.3) is 16.6 Å². The SMILES string of the molecule is Cc1nc2ccccc2c(=O)n1-c1ccc(F)c(NC(=O)C(c2ccccc2)c2ccccc2)c1. The Morgan fingerprint density at radius 1 is 0.857 bits per heavy atom. The second-order valence-corrected chi connectivity index (χ2v) is 8.22. The van der Waals surface area contributed by atoms with Crippen LogP contribution >= 0.6 is 0 Å². The van der Waals surface area contributed by atoms with Crippen molar-refractivity contribution in [3.63, 3.8) is 0 Å². The third-order valence-electron chi connectivity index (χ3n) is 5.94. The Morgan fingerprint density at radius 3 is 2.11 bits per heavy atom. The van der Waals surface area contributed by atoms with E-state index in [1.165, 1.54) is 22.8 Å². The van der Waals surface area contributed by atoms with E-state index in [4.69, 9.17) is 0 Å². The van der Waals surface area contributed by atoms with E-state index in [1.807, 2.05) is 66.7 Å². The molecule has 0 atom stereocenters. The summed E-state index contributed by atoms with van der Waals surface area (Å²) < 4.78 is 16.3. The fourth-order valence-corrected chi connectivity index (χ4v) is 4.29. The number of fused-ring (bicyclic) bond motifs is 1. The predicted molar refractivity (Wildman–Crippen MR) is 135 cm³/mol. The number of carbonyl (C=O) groups excluding carboxylic acids is 1. The van der Waals surface area contributed by atoms with Crippen LogP contribution in [0.3, 0.4) is 0 Å². The molecule has 0 aliphatic rings. The molecule has 172 valence electrons. The zero-order valence-electron chi connectivity index (χ0n) is 19.0. The number of nitrogens with one attached hydrogen (secondary N) is 1. The van der Waals surface area contributed by atoms with Gasteiger partial charge in [0.1, 0.15) is 11.6 Å². The van der Waals surface area contributed by atoms with Crippen molar-refractivity contribution in [1.82, 2.24) is 9.55 Å². The van der Waals surface area contributed by atoms with Crippen molar-refractivity contribution in [1.29, 1.82) is 0 Å². The first-order valence-electron chi connectivity index (χ1n) is 11.2. The Morgan fingerprint density at radius 2 is 1.46 bits per heavy atom. The normalized spacial score (nSPS) is 11.1. The smallest absolute Gasteiger partial charge is 0.265 e. The molecule has 5 nitrogen and oxygen atoms in total. The van der Waals surface area contributed by atoms with Crippen molar-refractivity contribution in [2.24, 2.45) is 0 Å². The first kappa shape index (κ1) is 22.2. The number of aromatic nitrogens is 2. The van der Waals surface area contributed by atoms with Crippen LogP contribution in [0.2, 0.25) is 0 Å². The summed E-state index contributed by atoms with van der Waals surface area (Å²) in [5.41, 5.74) is 2.32. The van der Waals surface area contributed by atoms with Gasteiger partial charge in [-0.3, -0.25) is 14.2 Å². The Labute approximate surface area is 201 Å². The summed E-state index contributed by atoms with van der Waals surface area (Å²) in [7, 11) is 0. The highest BCUT2D eigenvalue weighted by atomic mass is 19.1. The molecule has 0 saturated heterocycles. The maximum atomic E-state index is 14.9. The molecule has 0 saturated carbocycles. The molecule has 0 bridgehead atoms. The summed E-state index contributed by atoms with van der Waals surface area (Å²) in [6.45, 7) is 1.72. The maximum Gasteiger partial charge on any atom is 0.265 e. The maximum absolute atomic E-state index is 14.9. The van der Waals surface area contributed by atoms with Gasteiger partial charge in [0.2, 0.25) is 5.91 Å². The number of halogens is 1. The number of hydrogen-bond donors (Lipinski definition) is 1. The predicted octanol–water partition coefficient (Wildman–Crippen LogP) is 5.60. The van der Waals surface area contributed by atoms with E-state index in [2.05, 4.69) is 10.3 Å². The van der Waals surface area contributed by atoms with Gasteiger partial charge in [-0.25, -0.2) is 9.37 Å². The molecule has 5 aromatic rings. The van der Waals surface area contributed by atoms with Crippen LogP contribution in [0.4, 0.5) is 10.1 Å². The average molecular weight is 464 g/mol. The molecule has 0 fully saturated rings. The molecule has 0 aliphatic heterocycles. The van der Waals surface area contributed by atoms with Crippen LogP contribution in [-0.2, 0) is 4.79 Å².